The average molecular weight is 459 g/mol. The van der Waals surface area contributed by atoms with Gasteiger partial charge in [-0.2, -0.15) is 21.6 Å². The van der Waals surface area contributed by atoms with E-state index < -0.39 is 21.4 Å². The largest absolute Gasteiger partial charge is 0.534 e. The highest BCUT2D eigenvalue weighted by molar-refractivity contribution is 7.88. The molecule has 0 radical (unpaired) electrons. The first-order chi connectivity index (χ1) is 15.2. The van der Waals surface area contributed by atoms with Crippen molar-refractivity contribution in [3.63, 3.8) is 0 Å². The summed E-state index contributed by atoms with van der Waals surface area (Å²) in [7, 11) is -5.78. The molecule has 1 aromatic heterocycles. The quantitative estimate of drug-likeness (QED) is 0.273. The van der Waals surface area contributed by atoms with Gasteiger partial charge in [0.2, 0.25) is 0 Å². The smallest absolute Gasteiger partial charge is 0.487 e. The molecule has 5 nitrogen and oxygen atoms in total. The normalized spacial score (nSPS) is 12.0. The summed E-state index contributed by atoms with van der Waals surface area (Å²) in [5.41, 5.74) is -3.26. The van der Waals surface area contributed by atoms with Crippen molar-refractivity contribution in [1.82, 2.24) is 4.98 Å². The molecule has 4 rings (SSSR count). The molecule has 9 heteroatoms. The van der Waals surface area contributed by atoms with Crippen LogP contribution < -0.4 is 8.92 Å². The van der Waals surface area contributed by atoms with Gasteiger partial charge in [-0.3, -0.25) is 0 Å². The van der Waals surface area contributed by atoms with E-state index in [0.29, 0.717) is 11.3 Å². The van der Waals surface area contributed by atoms with Crippen LogP contribution in [0.5, 0.6) is 11.5 Å². The van der Waals surface area contributed by atoms with Gasteiger partial charge in [0.15, 0.2) is 5.75 Å². The summed E-state index contributed by atoms with van der Waals surface area (Å²) < 4.78 is 70.9. The van der Waals surface area contributed by atoms with Crippen molar-refractivity contribution < 1.29 is 30.5 Å². The predicted molar refractivity (Wildman–Crippen MR) is 114 cm³/mol. The van der Waals surface area contributed by atoms with E-state index in [9.17, 15) is 21.6 Å². The van der Waals surface area contributed by atoms with Crippen LogP contribution in [-0.4, -0.2) is 18.9 Å². The van der Waals surface area contributed by atoms with Crippen LogP contribution in [0, 0.1) is 0 Å². The highest BCUT2D eigenvalue weighted by Gasteiger charge is 2.48. The molecule has 4 aromatic rings. The Labute approximate surface area is 182 Å². The minimum Gasteiger partial charge on any atom is -0.487 e. The van der Waals surface area contributed by atoms with Crippen LogP contribution in [0.3, 0.4) is 0 Å². The lowest BCUT2D eigenvalue weighted by molar-refractivity contribution is -0.0499. The van der Waals surface area contributed by atoms with Gasteiger partial charge in [0.25, 0.3) is 0 Å². The molecule has 0 bridgehead atoms. The maximum absolute atomic E-state index is 12.7. The number of rotatable bonds is 6. The number of pyridine rings is 1. The SMILES string of the molecule is O=S(=O)(Oc1ccccc1-c1ccc(OCc2ccc3ccccc3n2)cc1)C(F)(F)F. The summed E-state index contributed by atoms with van der Waals surface area (Å²) in [6.45, 7) is 0.230. The fourth-order valence-corrected chi connectivity index (χ4v) is 3.50. The standard InChI is InChI=1S/C23H16F3NO4S/c24-23(25,26)32(28,29)31-22-8-4-2-6-20(22)16-10-13-19(14-11-16)30-15-18-12-9-17-5-1-3-7-21(17)27-18/h1-14H,15H2. The zero-order valence-electron chi connectivity index (χ0n) is 16.4. The lowest BCUT2D eigenvalue weighted by atomic mass is 10.0. The van der Waals surface area contributed by atoms with Crippen molar-refractivity contribution >= 4 is 21.0 Å². The summed E-state index contributed by atoms with van der Waals surface area (Å²) in [4.78, 5) is 4.53. The predicted octanol–water partition coefficient (Wildman–Crippen LogP) is 5.71. The molecule has 0 aliphatic rings. The van der Waals surface area contributed by atoms with Gasteiger partial charge < -0.3 is 8.92 Å². The number of benzene rings is 3. The third kappa shape index (κ3) is 4.67. The van der Waals surface area contributed by atoms with Crippen LogP contribution in [0.4, 0.5) is 13.2 Å². The van der Waals surface area contributed by atoms with Crippen molar-refractivity contribution in [1.29, 1.82) is 0 Å². The lowest BCUT2D eigenvalue weighted by Gasteiger charge is -2.13. The van der Waals surface area contributed by atoms with Crippen LogP contribution >= 0.6 is 0 Å². The number of aromatic nitrogens is 1. The second-order valence-electron chi connectivity index (χ2n) is 6.79. The van der Waals surface area contributed by atoms with Crippen LogP contribution in [-0.2, 0) is 16.7 Å². The summed E-state index contributed by atoms with van der Waals surface area (Å²) in [6.07, 6.45) is 0. The molecule has 0 atom stereocenters. The molecule has 0 saturated heterocycles. The first kappa shape index (κ1) is 21.6. The summed E-state index contributed by atoms with van der Waals surface area (Å²) in [5.74, 6) is 0.101. The van der Waals surface area contributed by atoms with Crippen LogP contribution in [0.1, 0.15) is 5.69 Å². The van der Waals surface area contributed by atoms with E-state index in [1.807, 2.05) is 36.4 Å². The summed E-state index contributed by atoms with van der Waals surface area (Å²) in [6, 6.07) is 23.6. The molecule has 0 fully saturated rings. The molecule has 164 valence electrons. The van der Waals surface area contributed by atoms with Crippen molar-refractivity contribution in [2.75, 3.05) is 0 Å². The number of alkyl halides is 3. The Hall–Kier alpha value is -3.59. The van der Waals surface area contributed by atoms with Crippen LogP contribution in [0.2, 0.25) is 0 Å². The molecule has 0 aliphatic heterocycles. The number of hydrogen-bond acceptors (Lipinski definition) is 5. The minimum absolute atomic E-state index is 0.197. The summed E-state index contributed by atoms with van der Waals surface area (Å²) in [5, 5.41) is 1.02. The highest BCUT2D eigenvalue weighted by atomic mass is 32.2. The number of fused-ring (bicyclic) bond motifs is 1. The van der Waals surface area contributed by atoms with Gasteiger partial charge in [-0.1, -0.05) is 54.6 Å². The Balaban J connectivity index is 1.50. The van der Waals surface area contributed by atoms with E-state index in [1.165, 1.54) is 12.1 Å². The van der Waals surface area contributed by atoms with Crippen LogP contribution in [0.25, 0.3) is 22.0 Å². The van der Waals surface area contributed by atoms with Crippen molar-refractivity contribution in [2.45, 2.75) is 12.1 Å². The number of ether oxygens (including phenoxy) is 1. The van der Waals surface area contributed by atoms with Crippen molar-refractivity contribution in [3.8, 4) is 22.6 Å². The molecule has 0 N–H and O–H groups in total. The zero-order valence-corrected chi connectivity index (χ0v) is 17.2. The molecule has 32 heavy (non-hydrogen) atoms. The van der Waals surface area contributed by atoms with E-state index in [0.717, 1.165) is 22.7 Å². The maximum atomic E-state index is 12.7. The Morgan fingerprint density at radius 3 is 2.25 bits per heavy atom. The third-order valence-electron chi connectivity index (χ3n) is 4.58. The Morgan fingerprint density at radius 2 is 1.50 bits per heavy atom. The lowest BCUT2D eigenvalue weighted by Crippen LogP contribution is -2.28. The van der Waals surface area contributed by atoms with Gasteiger partial charge >= 0.3 is 15.6 Å². The van der Waals surface area contributed by atoms with Gasteiger partial charge in [0.05, 0.1) is 11.2 Å². The second kappa shape index (κ2) is 8.51. The Morgan fingerprint density at radius 1 is 0.812 bits per heavy atom. The first-order valence-electron chi connectivity index (χ1n) is 9.41. The fraction of sp³-hybridized carbons (Fsp3) is 0.0870. The first-order valence-corrected chi connectivity index (χ1v) is 10.8. The number of halogens is 3. The average Bonchev–Trinajstić information content (AvgIpc) is 2.77. The zero-order chi connectivity index (χ0) is 22.8. The number of para-hydroxylation sites is 2. The molecule has 1 heterocycles. The van der Waals surface area contributed by atoms with Crippen molar-refractivity contribution in [3.05, 3.63) is 90.6 Å². The number of nitrogens with zero attached hydrogens (tertiary/aromatic N) is 1. The van der Waals surface area contributed by atoms with E-state index >= 15 is 0 Å². The van der Waals surface area contributed by atoms with E-state index in [1.54, 1.807) is 30.3 Å². The van der Waals surface area contributed by atoms with Gasteiger partial charge in [-0.15, -0.1) is 0 Å². The number of hydrogen-bond donors (Lipinski definition) is 0. The van der Waals surface area contributed by atoms with Crippen LogP contribution in [0.15, 0.2) is 84.9 Å². The third-order valence-corrected chi connectivity index (χ3v) is 5.54. The van der Waals surface area contributed by atoms with Gasteiger partial charge in [0.1, 0.15) is 12.4 Å². The topological polar surface area (TPSA) is 65.5 Å². The maximum Gasteiger partial charge on any atom is 0.534 e. The fourth-order valence-electron chi connectivity index (χ4n) is 3.02. The molecular weight excluding hydrogens is 443 g/mol. The molecule has 0 spiro atoms. The van der Waals surface area contributed by atoms with Gasteiger partial charge in [-0.25, -0.2) is 4.98 Å². The highest BCUT2D eigenvalue weighted by Crippen LogP contribution is 2.35. The van der Waals surface area contributed by atoms with Gasteiger partial charge in [0, 0.05) is 10.9 Å². The van der Waals surface area contributed by atoms with E-state index in [2.05, 4.69) is 9.17 Å². The van der Waals surface area contributed by atoms with Gasteiger partial charge in [-0.05, 0) is 35.9 Å². The monoisotopic (exact) mass is 459 g/mol. The molecule has 3 aromatic carbocycles. The minimum atomic E-state index is -5.78. The van der Waals surface area contributed by atoms with E-state index in [4.69, 9.17) is 4.74 Å². The molecular formula is C23H16F3NO4S. The summed E-state index contributed by atoms with van der Waals surface area (Å²) >= 11 is 0. The second-order valence-corrected chi connectivity index (χ2v) is 8.33. The van der Waals surface area contributed by atoms with Crippen molar-refractivity contribution in [2.24, 2.45) is 0 Å². The Bertz CT molecular complexity index is 1350. The molecule has 0 unspecified atom stereocenters. The Kier molecular flexibility index (Phi) is 5.75. The molecule has 0 aliphatic carbocycles. The molecule has 0 amide bonds. The van der Waals surface area contributed by atoms with E-state index in [-0.39, 0.29) is 12.2 Å². The molecule has 0 saturated carbocycles.